The van der Waals surface area contributed by atoms with E-state index in [0.717, 1.165) is 5.56 Å². The summed E-state index contributed by atoms with van der Waals surface area (Å²) in [6.07, 6.45) is 0. The van der Waals surface area contributed by atoms with Crippen LogP contribution in [-0.2, 0) is 11.3 Å². The first kappa shape index (κ1) is 15.6. The number of nitrogens with one attached hydrogen (secondary N) is 1. The van der Waals surface area contributed by atoms with E-state index in [-0.39, 0.29) is 31.5 Å². The van der Waals surface area contributed by atoms with Gasteiger partial charge in [-0.2, -0.15) is 0 Å². The van der Waals surface area contributed by atoms with Gasteiger partial charge in [0, 0.05) is 19.6 Å². The number of halogens is 1. The number of aliphatic hydroxyl groups excluding tert-OH is 2. The van der Waals surface area contributed by atoms with Crippen LogP contribution in [0.3, 0.4) is 0 Å². The average Bonchev–Trinajstić information content (AvgIpc) is 2.39. The van der Waals surface area contributed by atoms with Crippen molar-refractivity contribution in [1.29, 1.82) is 0 Å². The predicted molar refractivity (Wildman–Crippen MR) is 68.9 cm³/mol. The molecular formula is C13H19FN2O3. The molecule has 0 aliphatic heterocycles. The number of aliphatic hydroxyl groups is 2. The molecule has 106 valence electrons. The lowest BCUT2D eigenvalue weighted by atomic mass is 10.2. The monoisotopic (exact) mass is 270 g/mol. The molecule has 19 heavy (non-hydrogen) atoms. The summed E-state index contributed by atoms with van der Waals surface area (Å²) in [7, 11) is 0. The van der Waals surface area contributed by atoms with Gasteiger partial charge in [0.1, 0.15) is 5.82 Å². The Morgan fingerprint density at radius 3 is 2.26 bits per heavy atom. The number of amides is 1. The quantitative estimate of drug-likeness (QED) is 0.608. The number of hydrogen-bond donors (Lipinski definition) is 3. The summed E-state index contributed by atoms with van der Waals surface area (Å²) in [5.41, 5.74) is 0.811. The molecule has 0 atom stereocenters. The van der Waals surface area contributed by atoms with Crippen molar-refractivity contribution >= 4 is 5.91 Å². The normalized spacial score (nSPS) is 10.7. The molecule has 0 aliphatic carbocycles. The molecule has 0 spiro atoms. The number of carbonyl (C=O) groups is 1. The number of rotatable bonds is 8. The van der Waals surface area contributed by atoms with Crippen LogP contribution in [0.15, 0.2) is 24.3 Å². The van der Waals surface area contributed by atoms with Gasteiger partial charge in [-0.1, -0.05) is 12.1 Å². The summed E-state index contributed by atoms with van der Waals surface area (Å²) < 4.78 is 12.7. The average molecular weight is 270 g/mol. The van der Waals surface area contributed by atoms with Crippen molar-refractivity contribution in [3.63, 3.8) is 0 Å². The van der Waals surface area contributed by atoms with Crippen molar-refractivity contribution < 1.29 is 19.4 Å². The van der Waals surface area contributed by atoms with Crippen LogP contribution in [0, 0.1) is 5.82 Å². The summed E-state index contributed by atoms with van der Waals surface area (Å²) in [6, 6.07) is 5.89. The molecule has 0 radical (unpaired) electrons. The molecule has 1 rings (SSSR count). The molecule has 1 aromatic rings. The van der Waals surface area contributed by atoms with Gasteiger partial charge in [0.05, 0.1) is 19.8 Å². The Morgan fingerprint density at radius 1 is 1.16 bits per heavy atom. The first-order chi connectivity index (χ1) is 9.15. The molecule has 0 bridgehead atoms. The first-order valence-electron chi connectivity index (χ1n) is 6.11. The van der Waals surface area contributed by atoms with Gasteiger partial charge in [-0.25, -0.2) is 4.39 Å². The van der Waals surface area contributed by atoms with Crippen LogP contribution in [0.4, 0.5) is 4.39 Å². The lowest BCUT2D eigenvalue weighted by molar-refractivity contribution is -0.122. The highest BCUT2D eigenvalue weighted by Crippen LogP contribution is 2.02. The minimum absolute atomic E-state index is 0.0642. The van der Waals surface area contributed by atoms with Gasteiger partial charge in [0.25, 0.3) is 0 Å². The van der Waals surface area contributed by atoms with Crippen LogP contribution in [0.5, 0.6) is 0 Å². The number of hydrogen-bond acceptors (Lipinski definition) is 4. The Bertz CT molecular complexity index is 378. The topological polar surface area (TPSA) is 72.8 Å². The maximum absolute atomic E-state index is 12.7. The van der Waals surface area contributed by atoms with E-state index < -0.39 is 0 Å². The van der Waals surface area contributed by atoms with Crippen molar-refractivity contribution in [3.8, 4) is 0 Å². The molecule has 0 fully saturated rings. The van der Waals surface area contributed by atoms with Crippen LogP contribution in [0.25, 0.3) is 0 Å². The van der Waals surface area contributed by atoms with Crippen molar-refractivity contribution in [1.82, 2.24) is 10.2 Å². The van der Waals surface area contributed by atoms with Crippen LogP contribution in [0.1, 0.15) is 5.56 Å². The summed E-state index contributed by atoms with van der Waals surface area (Å²) in [4.78, 5) is 13.3. The largest absolute Gasteiger partial charge is 0.395 e. The molecule has 0 saturated carbocycles. The highest BCUT2D eigenvalue weighted by Gasteiger charge is 2.09. The van der Waals surface area contributed by atoms with E-state index in [0.29, 0.717) is 19.6 Å². The molecule has 1 aromatic carbocycles. The van der Waals surface area contributed by atoms with Gasteiger partial charge in [-0.05, 0) is 17.7 Å². The number of benzene rings is 1. The third-order valence-corrected chi connectivity index (χ3v) is 2.60. The Balaban J connectivity index is 2.35. The fraction of sp³-hybridized carbons (Fsp3) is 0.462. The van der Waals surface area contributed by atoms with Gasteiger partial charge < -0.3 is 15.5 Å². The lowest BCUT2D eigenvalue weighted by Gasteiger charge is -2.19. The van der Waals surface area contributed by atoms with E-state index >= 15 is 0 Å². The molecule has 0 aromatic heterocycles. The standard InChI is InChI=1S/C13H19FN2O3/c14-12-3-1-11(2-4-12)9-15-13(19)10-16(5-7-17)6-8-18/h1-4,17-18H,5-10H2,(H,15,19). The maximum atomic E-state index is 12.7. The van der Waals surface area contributed by atoms with Crippen LogP contribution >= 0.6 is 0 Å². The summed E-state index contributed by atoms with van der Waals surface area (Å²) in [5.74, 6) is -0.515. The van der Waals surface area contributed by atoms with Crippen LogP contribution in [-0.4, -0.2) is 53.9 Å². The predicted octanol–water partition coefficient (Wildman–Crippen LogP) is -0.271. The Labute approximate surface area is 111 Å². The second-order valence-corrected chi connectivity index (χ2v) is 4.13. The van der Waals surface area contributed by atoms with Crippen molar-refractivity contribution in [2.24, 2.45) is 0 Å². The van der Waals surface area contributed by atoms with Crippen LogP contribution < -0.4 is 5.32 Å². The summed E-state index contributed by atoms with van der Waals surface area (Å²) >= 11 is 0. The first-order valence-corrected chi connectivity index (χ1v) is 6.11. The van der Waals surface area contributed by atoms with Gasteiger partial charge in [-0.3, -0.25) is 9.69 Å². The fourth-order valence-corrected chi connectivity index (χ4v) is 1.61. The SMILES string of the molecule is O=C(CN(CCO)CCO)NCc1ccc(F)cc1. The molecular weight excluding hydrogens is 251 g/mol. The summed E-state index contributed by atoms with van der Waals surface area (Å²) in [6.45, 7) is 0.985. The molecule has 0 aliphatic rings. The number of carbonyl (C=O) groups excluding carboxylic acids is 1. The Morgan fingerprint density at radius 2 is 1.74 bits per heavy atom. The molecule has 0 heterocycles. The number of nitrogens with zero attached hydrogens (tertiary/aromatic N) is 1. The van der Waals surface area contributed by atoms with Gasteiger partial charge in [0.2, 0.25) is 5.91 Å². The fourth-order valence-electron chi connectivity index (χ4n) is 1.61. The van der Waals surface area contributed by atoms with E-state index in [9.17, 15) is 9.18 Å². The van der Waals surface area contributed by atoms with Crippen molar-refractivity contribution in [3.05, 3.63) is 35.6 Å². The molecule has 0 saturated heterocycles. The van der Waals surface area contributed by atoms with Gasteiger partial charge >= 0.3 is 0 Å². The Kier molecular flexibility index (Phi) is 7.02. The highest BCUT2D eigenvalue weighted by atomic mass is 19.1. The zero-order valence-electron chi connectivity index (χ0n) is 10.7. The van der Waals surface area contributed by atoms with Crippen LogP contribution in [0.2, 0.25) is 0 Å². The Hall–Kier alpha value is -1.50. The second-order valence-electron chi connectivity index (χ2n) is 4.13. The molecule has 1 amide bonds. The molecule has 6 heteroatoms. The van der Waals surface area contributed by atoms with E-state index in [1.807, 2.05) is 0 Å². The van der Waals surface area contributed by atoms with E-state index in [2.05, 4.69) is 5.32 Å². The molecule has 3 N–H and O–H groups in total. The second kappa shape index (κ2) is 8.58. The smallest absolute Gasteiger partial charge is 0.234 e. The highest BCUT2D eigenvalue weighted by molar-refractivity contribution is 5.78. The minimum atomic E-state index is -0.313. The zero-order valence-corrected chi connectivity index (χ0v) is 10.7. The van der Waals surface area contributed by atoms with E-state index in [1.165, 1.54) is 12.1 Å². The van der Waals surface area contributed by atoms with Gasteiger partial charge in [-0.15, -0.1) is 0 Å². The minimum Gasteiger partial charge on any atom is -0.395 e. The third-order valence-electron chi connectivity index (χ3n) is 2.60. The van der Waals surface area contributed by atoms with E-state index in [4.69, 9.17) is 10.2 Å². The van der Waals surface area contributed by atoms with Gasteiger partial charge in [0.15, 0.2) is 0 Å². The maximum Gasteiger partial charge on any atom is 0.234 e. The molecule has 5 nitrogen and oxygen atoms in total. The molecule has 0 unspecified atom stereocenters. The van der Waals surface area contributed by atoms with Crippen molar-refractivity contribution in [2.75, 3.05) is 32.8 Å². The van der Waals surface area contributed by atoms with Crippen molar-refractivity contribution in [2.45, 2.75) is 6.54 Å². The zero-order chi connectivity index (χ0) is 14.1. The third kappa shape index (κ3) is 6.28. The lowest BCUT2D eigenvalue weighted by Crippen LogP contribution is -2.39. The summed E-state index contributed by atoms with van der Waals surface area (Å²) in [5, 5.41) is 20.3. The van der Waals surface area contributed by atoms with E-state index in [1.54, 1.807) is 17.0 Å².